The third kappa shape index (κ3) is 3.21. The highest BCUT2D eigenvalue weighted by atomic mass is 35.5. The summed E-state index contributed by atoms with van der Waals surface area (Å²) in [6.07, 6.45) is -3.06. The maximum Gasteiger partial charge on any atom is 0.417 e. The van der Waals surface area contributed by atoms with Crippen molar-refractivity contribution in [2.45, 2.75) is 6.18 Å². The topological polar surface area (TPSA) is 28.7 Å². The van der Waals surface area contributed by atoms with Crippen molar-refractivity contribution in [2.75, 3.05) is 0 Å². The Labute approximate surface area is 139 Å². The van der Waals surface area contributed by atoms with Crippen molar-refractivity contribution >= 4 is 23.2 Å². The fraction of sp³-hybridized carbons (Fsp3) is 0.0625. The molecule has 0 unspecified atom stereocenters. The molecule has 0 fully saturated rings. The van der Waals surface area contributed by atoms with Gasteiger partial charge in [0.05, 0.1) is 22.5 Å². The second-order valence-corrected chi connectivity index (χ2v) is 5.66. The van der Waals surface area contributed by atoms with Gasteiger partial charge in [-0.05, 0) is 29.8 Å². The molecule has 3 rings (SSSR count). The van der Waals surface area contributed by atoms with Gasteiger partial charge >= 0.3 is 6.18 Å². The largest absolute Gasteiger partial charge is 0.417 e. The molecule has 0 atom stereocenters. The van der Waals surface area contributed by atoms with Crippen molar-refractivity contribution < 1.29 is 13.2 Å². The summed E-state index contributed by atoms with van der Waals surface area (Å²) in [5, 5.41) is 0.552. The first-order chi connectivity index (χ1) is 10.9. The van der Waals surface area contributed by atoms with E-state index >= 15 is 0 Å². The van der Waals surface area contributed by atoms with Crippen LogP contribution in [0.2, 0.25) is 10.0 Å². The highest BCUT2D eigenvalue weighted by molar-refractivity contribution is 6.33. The number of imidazole rings is 1. The Morgan fingerprint density at radius 1 is 0.957 bits per heavy atom. The van der Waals surface area contributed by atoms with Crippen LogP contribution in [0.15, 0.2) is 48.7 Å². The van der Waals surface area contributed by atoms with E-state index in [1.807, 2.05) is 0 Å². The van der Waals surface area contributed by atoms with Crippen LogP contribution in [0.4, 0.5) is 13.2 Å². The molecule has 0 bridgehead atoms. The van der Waals surface area contributed by atoms with E-state index in [9.17, 15) is 13.2 Å². The van der Waals surface area contributed by atoms with E-state index in [-0.39, 0.29) is 16.4 Å². The van der Waals surface area contributed by atoms with Gasteiger partial charge in [0.1, 0.15) is 5.82 Å². The molecule has 1 N–H and O–H groups in total. The standard InChI is InChI=1S/C16H9Cl2F3N2/c17-10-6-4-9(5-7-10)13-8-22-15(23-13)14-11(16(19,20)21)2-1-3-12(14)18/h1-8H,(H,22,23). The second kappa shape index (κ2) is 5.91. The molecule has 0 aliphatic heterocycles. The van der Waals surface area contributed by atoms with Crippen LogP contribution >= 0.6 is 23.2 Å². The minimum absolute atomic E-state index is 0.0168. The van der Waals surface area contributed by atoms with Gasteiger partial charge in [-0.1, -0.05) is 41.4 Å². The maximum absolute atomic E-state index is 13.2. The molecule has 0 spiro atoms. The van der Waals surface area contributed by atoms with Crippen molar-refractivity contribution in [3.05, 3.63) is 64.3 Å². The number of hydrogen-bond acceptors (Lipinski definition) is 1. The van der Waals surface area contributed by atoms with Gasteiger partial charge in [-0.3, -0.25) is 0 Å². The fourth-order valence-corrected chi connectivity index (χ4v) is 2.62. The monoisotopic (exact) mass is 356 g/mol. The molecule has 3 aromatic rings. The van der Waals surface area contributed by atoms with Crippen LogP contribution in [0.25, 0.3) is 22.6 Å². The van der Waals surface area contributed by atoms with Crippen LogP contribution < -0.4 is 0 Å². The molecule has 2 nitrogen and oxygen atoms in total. The van der Waals surface area contributed by atoms with Crippen LogP contribution in [0.5, 0.6) is 0 Å². The minimum atomic E-state index is -4.52. The number of alkyl halides is 3. The third-order valence-corrected chi connectivity index (χ3v) is 3.85. The van der Waals surface area contributed by atoms with Gasteiger partial charge in [0.2, 0.25) is 0 Å². The van der Waals surface area contributed by atoms with E-state index in [0.29, 0.717) is 10.7 Å². The Morgan fingerprint density at radius 3 is 2.30 bits per heavy atom. The maximum atomic E-state index is 13.2. The van der Waals surface area contributed by atoms with Gasteiger partial charge in [0.25, 0.3) is 0 Å². The molecule has 0 aliphatic rings. The summed E-state index contributed by atoms with van der Waals surface area (Å²) in [7, 11) is 0. The summed E-state index contributed by atoms with van der Waals surface area (Å²) in [6, 6.07) is 10.5. The van der Waals surface area contributed by atoms with Crippen LogP contribution in [-0.2, 0) is 6.18 Å². The Kier molecular flexibility index (Phi) is 4.08. The molecule has 1 heterocycles. The number of nitrogens with one attached hydrogen (secondary N) is 1. The summed E-state index contributed by atoms with van der Waals surface area (Å²) < 4.78 is 39.5. The lowest BCUT2D eigenvalue weighted by Crippen LogP contribution is -2.07. The number of H-pyrrole nitrogens is 1. The van der Waals surface area contributed by atoms with E-state index in [0.717, 1.165) is 11.6 Å². The summed E-state index contributed by atoms with van der Waals surface area (Å²) in [4.78, 5) is 6.93. The molecule has 0 saturated heterocycles. The van der Waals surface area contributed by atoms with E-state index in [1.54, 1.807) is 24.3 Å². The van der Waals surface area contributed by atoms with Gasteiger partial charge in [-0.15, -0.1) is 0 Å². The SMILES string of the molecule is FC(F)(F)c1cccc(Cl)c1-c1ncc(-c2ccc(Cl)cc2)[nH]1. The molecule has 0 radical (unpaired) electrons. The zero-order valence-corrected chi connectivity index (χ0v) is 13.0. The number of benzene rings is 2. The lowest BCUT2D eigenvalue weighted by atomic mass is 10.1. The number of rotatable bonds is 2. The molecule has 1 aromatic heterocycles. The summed E-state index contributed by atoms with van der Waals surface area (Å²) in [6.45, 7) is 0. The quantitative estimate of drug-likeness (QED) is 0.593. The molecule has 7 heteroatoms. The first-order valence-electron chi connectivity index (χ1n) is 6.53. The van der Waals surface area contributed by atoms with Crippen molar-refractivity contribution in [1.29, 1.82) is 0 Å². The van der Waals surface area contributed by atoms with Crippen LogP contribution in [-0.4, -0.2) is 9.97 Å². The Balaban J connectivity index is 2.09. The molecular weight excluding hydrogens is 348 g/mol. The lowest BCUT2D eigenvalue weighted by Gasteiger charge is -2.12. The zero-order chi connectivity index (χ0) is 16.6. The number of hydrogen-bond donors (Lipinski definition) is 1. The second-order valence-electron chi connectivity index (χ2n) is 4.81. The van der Waals surface area contributed by atoms with Crippen LogP contribution in [0.3, 0.4) is 0 Å². The Bertz CT molecular complexity index is 839. The van der Waals surface area contributed by atoms with Crippen LogP contribution in [0.1, 0.15) is 5.56 Å². The molecule has 118 valence electrons. The highest BCUT2D eigenvalue weighted by Crippen LogP contribution is 2.40. The third-order valence-electron chi connectivity index (χ3n) is 3.29. The number of aromatic amines is 1. The molecule has 0 aliphatic carbocycles. The first-order valence-corrected chi connectivity index (χ1v) is 7.29. The fourth-order valence-electron chi connectivity index (χ4n) is 2.23. The number of nitrogens with zero attached hydrogens (tertiary/aromatic N) is 1. The number of aromatic nitrogens is 2. The van der Waals surface area contributed by atoms with Crippen molar-refractivity contribution in [2.24, 2.45) is 0 Å². The van der Waals surface area contributed by atoms with E-state index in [4.69, 9.17) is 23.2 Å². The normalized spacial score (nSPS) is 11.7. The van der Waals surface area contributed by atoms with E-state index in [1.165, 1.54) is 18.3 Å². The average Bonchev–Trinajstić information content (AvgIpc) is 2.96. The Hall–Kier alpha value is -1.98. The Morgan fingerprint density at radius 2 is 1.65 bits per heavy atom. The number of halogens is 5. The smallest absolute Gasteiger partial charge is 0.338 e. The molecular formula is C16H9Cl2F3N2. The predicted octanol–water partition coefficient (Wildman–Crippen LogP) is 6.07. The zero-order valence-electron chi connectivity index (χ0n) is 11.5. The molecule has 2 aromatic carbocycles. The average molecular weight is 357 g/mol. The van der Waals surface area contributed by atoms with Crippen molar-refractivity contribution in [3.63, 3.8) is 0 Å². The molecule has 0 saturated carbocycles. The summed E-state index contributed by atoms with van der Waals surface area (Å²) >= 11 is 11.8. The van der Waals surface area contributed by atoms with Gasteiger partial charge in [-0.2, -0.15) is 13.2 Å². The van der Waals surface area contributed by atoms with Crippen molar-refractivity contribution in [3.8, 4) is 22.6 Å². The van der Waals surface area contributed by atoms with Gasteiger partial charge in [-0.25, -0.2) is 4.98 Å². The lowest BCUT2D eigenvalue weighted by molar-refractivity contribution is -0.137. The van der Waals surface area contributed by atoms with Gasteiger partial charge in [0.15, 0.2) is 0 Å². The highest BCUT2D eigenvalue weighted by Gasteiger charge is 2.35. The van der Waals surface area contributed by atoms with E-state index in [2.05, 4.69) is 9.97 Å². The first kappa shape index (κ1) is 15.9. The predicted molar refractivity (Wildman–Crippen MR) is 84.5 cm³/mol. The summed E-state index contributed by atoms with van der Waals surface area (Å²) in [5.74, 6) is 0.0628. The van der Waals surface area contributed by atoms with E-state index < -0.39 is 11.7 Å². The van der Waals surface area contributed by atoms with Gasteiger partial charge < -0.3 is 4.98 Å². The minimum Gasteiger partial charge on any atom is -0.338 e. The molecule has 23 heavy (non-hydrogen) atoms. The molecule has 0 amide bonds. The van der Waals surface area contributed by atoms with Gasteiger partial charge in [0, 0.05) is 10.6 Å². The summed E-state index contributed by atoms with van der Waals surface area (Å²) in [5.41, 5.74) is 0.336. The van der Waals surface area contributed by atoms with Crippen LogP contribution in [0, 0.1) is 0 Å². The van der Waals surface area contributed by atoms with Crippen molar-refractivity contribution in [1.82, 2.24) is 9.97 Å².